The highest BCUT2D eigenvalue weighted by molar-refractivity contribution is 4.87. The van der Waals surface area contributed by atoms with E-state index in [0.717, 1.165) is 13.1 Å². The molecule has 0 aromatic heterocycles. The van der Waals surface area contributed by atoms with Gasteiger partial charge in [-0.15, -0.1) is 0 Å². The van der Waals surface area contributed by atoms with Crippen LogP contribution in [0, 0.1) is 0 Å². The van der Waals surface area contributed by atoms with Crippen LogP contribution in [-0.2, 0) is 0 Å². The molecule has 1 rings (SSSR count). The van der Waals surface area contributed by atoms with Gasteiger partial charge in [-0.25, -0.2) is 0 Å². The van der Waals surface area contributed by atoms with Crippen molar-refractivity contribution < 1.29 is 10.2 Å². The fourth-order valence-electron chi connectivity index (χ4n) is 1.43. The number of likely N-dealkylation sites (N-methyl/N-ethyl adjacent to an activating group) is 1. The van der Waals surface area contributed by atoms with Gasteiger partial charge in [0, 0.05) is 25.7 Å². The Labute approximate surface area is 66.8 Å². The Bertz CT molecular complexity index is 121. The van der Waals surface area contributed by atoms with Crippen molar-refractivity contribution in [3.63, 3.8) is 0 Å². The van der Waals surface area contributed by atoms with Crippen LogP contribution < -0.4 is 5.32 Å². The van der Waals surface area contributed by atoms with Gasteiger partial charge < -0.3 is 20.4 Å². The van der Waals surface area contributed by atoms with E-state index < -0.39 is 0 Å². The summed E-state index contributed by atoms with van der Waals surface area (Å²) in [6.07, 6.45) is -0.286. The summed E-state index contributed by atoms with van der Waals surface area (Å²) in [6.45, 7) is 2.28. The number of hydrogen-bond acceptors (Lipinski definition) is 4. The normalized spacial score (nSPS) is 33.0. The van der Waals surface area contributed by atoms with E-state index in [9.17, 15) is 5.11 Å². The molecule has 0 saturated carbocycles. The van der Waals surface area contributed by atoms with Crippen LogP contribution in [0.5, 0.6) is 0 Å². The number of nitrogens with zero attached hydrogens (tertiary/aromatic N) is 1. The van der Waals surface area contributed by atoms with E-state index in [1.165, 1.54) is 0 Å². The Morgan fingerprint density at radius 2 is 2.27 bits per heavy atom. The third-order valence-corrected chi connectivity index (χ3v) is 1.99. The third-order valence-electron chi connectivity index (χ3n) is 1.99. The molecule has 0 aliphatic carbocycles. The lowest BCUT2D eigenvalue weighted by molar-refractivity contribution is 0.153. The summed E-state index contributed by atoms with van der Waals surface area (Å²) in [7, 11) is 1.98. The first-order valence-electron chi connectivity index (χ1n) is 3.95. The standard InChI is InChI=1S/C7H16N2O2/c1-9-4-6(7(11)5-9)8-2-3-10/h6-8,10-11H,2-5H2,1H3/t6-,7-/m0/s1. The smallest absolute Gasteiger partial charge is 0.0832 e. The molecule has 2 atom stereocenters. The molecule has 0 amide bonds. The van der Waals surface area contributed by atoms with Crippen LogP contribution >= 0.6 is 0 Å². The molecule has 1 heterocycles. The Morgan fingerprint density at radius 3 is 2.73 bits per heavy atom. The first-order chi connectivity index (χ1) is 5.24. The minimum atomic E-state index is -0.286. The average molecular weight is 160 g/mol. The number of hydrogen-bond donors (Lipinski definition) is 3. The summed E-state index contributed by atoms with van der Waals surface area (Å²) in [5.41, 5.74) is 0. The van der Waals surface area contributed by atoms with E-state index in [4.69, 9.17) is 5.11 Å². The second kappa shape index (κ2) is 4.01. The molecule has 0 spiro atoms. The zero-order valence-corrected chi connectivity index (χ0v) is 6.82. The predicted molar refractivity (Wildman–Crippen MR) is 42.4 cm³/mol. The van der Waals surface area contributed by atoms with Crippen LogP contribution in [0.3, 0.4) is 0 Å². The minimum Gasteiger partial charge on any atom is -0.395 e. The van der Waals surface area contributed by atoms with Gasteiger partial charge >= 0.3 is 0 Å². The molecule has 0 radical (unpaired) electrons. The molecule has 1 aliphatic heterocycles. The van der Waals surface area contributed by atoms with E-state index in [1.54, 1.807) is 0 Å². The first-order valence-corrected chi connectivity index (χ1v) is 3.95. The third kappa shape index (κ3) is 2.41. The van der Waals surface area contributed by atoms with Crippen LogP contribution in [0.25, 0.3) is 0 Å². The number of aliphatic hydroxyl groups excluding tert-OH is 2. The molecule has 0 aromatic rings. The SMILES string of the molecule is CN1C[C@H](NCCO)[C@@H](O)C1. The Balaban J connectivity index is 2.23. The Hall–Kier alpha value is -0.160. The van der Waals surface area contributed by atoms with Crippen LogP contribution in [0.4, 0.5) is 0 Å². The second-order valence-corrected chi connectivity index (χ2v) is 3.07. The zero-order chi connectivity index (χ0) is 8.27. The highest BCUT2D eigenvalue weighted by Crippen LogP contribution is 2.06. The molecule has 1 saturated heterocycles. The largest absolute Gasteiger partial charge is 0.395 e. The second-order valence-electron chi connectivity index (χ2n) is 3.07. The van der Waals surface area contributed by atoms with Gasteiger partial charge in [0.15, 0.2) is 0 Å². The van der Waals surface area contributed by atoms with Gasteiger partial charge in [-0.05, 0) is 7.05 Å². The molecule has 11 heavy (non-hydrogen) atoms. The fourth-order valence-corrected chi connectivity index (χ4v) is 1.43. The van der Waals surface area contributed by atoms with E-state index in [1.807, 2.05) is 7.05 Å². The lowest BCUT2D eigenvalue weighted by Crippen LogP contribution is -2.40. The molecule has 3 N–H and O–H groups in total. The Kier molecular flexibility index (Phi) is 3.26. The summed E-state index contributed by atoms with van der Waals surface area (Å²) in [6, 6.07) is 0.132. The summed E-state index contributed by atoms with van der Waals surface area (Å²) in [4.78, 5) is 2.07. The molecule has 4 nitrogen and oxygen atoms in total. The lowest BCUT2D eigenvalue weighted by Gasteiger charge is -2.13. The fraction of sp³-hybridized carbons (Fsp3) is 1.00. The van der Waals surface area contributed by atoms with Gasteiger partial charge in [0.1, 0.15) is 0 Å². The van der Waals surface area contributed by atoms with Crippen molar-refractivity contribution >= 4 is 0 Å². The average Bonchev–Trinajstić information content (AvgIpc) is 2.26. The first kappa shape index (κ1) is 8.93. The minimum absolute atomic E-state index is 0.132. The molecule has 0 aromatic carbocycles. The molecule has 0 bridgehead atoms. The van der Waals surface area contributed by atoms with Gasteiger partial charge in [0.25, 0.3) is 0 Å². The van der Waals surface area contributed by atoms with Crippen molar-refractivity contribution in [2.24, 2.45) is 0 Å². The summed E-state index contributed by atoms with van der Waals surface area (Å²) in [5.74, 6) is 0. The van der Waals surface area contributed by atoms with Gasteiger partial charge in [0.05, 0.1) is 12.7 Å². The summed E-state index contributed by atoms with van der Waals surface area (Å²) in [5, 5.41) is 21.0. The quantitative estimate of drug-likeness (QED) is 0.458. The van der Waals surface area contributed by atoms with Crippen molar-refractivity contribution in [3.8, 4) is 0 Å². The van der Waals surface area contributed by atoms with E-state index in [0.29, 0.717) is 6.54 Å². The van der Waals surface area contributed by atoms with E-state index >= 15 is 0 Å². The molecule has 1 fully saturated rings. The van der Waals surface area contributed by atoms with Crippen molar-refractivity contribution in [2.75, 3.05) is 33.3 Å². The molecule has 4 heteroatoms. The number of β-amino-alcohol motifs (C(OH)–C–C–N with tert-alkyl or cyclic N) is 1. The van der Waals surface area contributed by atoms with Crippen LogP contribution in [0.15, 0.2) is 0 Å². The molecular weight excluding hydrogens is 144 g/mol. The van der Waals surface area contributed by atoms with Gasteiger partial charge in [0.2, 0.25) is 0 Å². The lowest BCUT2D eigenvalue weighted by atomic mass is 10.2. The zero-order valence-electron chi connectivity index (χ0n) is 6.82. The van der Waals surface area contributed by atoms with Gasteiger partial charge in [-0.2, -0.15) is 0 Å². The molecular formula is C7H16N2O2. The predicted octanol–water partition coefficient (Wildman–Crippen LogP) is -1.76. The molecule has 66 valence electrons. The number of nitrogens with one attached hydrogen (secondary N) is 1. The number of likely N-dealkylation sites (tertiary alicyclic amines) is 1. The van der Waals surface area contributed by atoms with Crippen LogP contribution in [0.1, 0.15) is 0 Å². The van der Waals surface area contributed by atoms with Crippen LogP contribution in [-0.4, -0.2) is 60.5 Å². The number of rotatable bonds is 3. The molecule has 0 unspecified atom stereocenters. The number of aliphatic hydroxyl groups is 2. The summed E-state index contributed by atoms with van der Waals surface area (Å²) >= 11 is 0. The van der Waals surface area contributed by atoms with Crippen molar-refractivity contribution in [1.29, 1.82) is 0 Å². The van der Waals surface area contributed by atoms with Crippen molar-refractivity contribution in [1.82, 2.24) is 10.2 Å². The van der Waals surface area contributed by atoms with E-state index in [-0.39, 0.29) is 18.8 Å². The van der Waals surface area contributed by atoms with Gasteiger partial charge in [-0.1, -0.05) is 0 Å². The highest BCUT2D eigenvalue weighted by Gasteiger charge is 2.27. The van der Waals surface area contributed by atoms with Crippen LogP contribution in [0.2, 0.25) is 0 Å². The highest BCUT2D eigenvalue weighted by atomic mass is 16.3. The topological polar surface area (TPSA) is 55.7 Å². The maximum absolute atomic E-state index is 9.40. The van der Waals surface area contributed by atoms with E-state index in [2.05, 4.69) is 10.2 Å². The molecule has 1 aliphatic rings. The van der Waals surface area contributed by atoms with Crippen molar-refractivity contribution in [2.45, 2.75) is 12.1 Å². The monoisotopic (exact) mass is 160 g/mol. The van der Waals surface area contributed by atoms with Gasteiger partial charge in [-0.3, -0.25) is 0 Å². The van der Waals surface area contributed by atoms with Crippen molar-refractivity contribution in [3.05, 3.63) is 0 Å². The maximum atomic E-state index is 9.40. The maximum Gasteiger partial charge on any atom is 0.0832 e. The Morgan fingerprint density at radius 1 is 1.55 bits per heavy atom. The summed E-state index contributed by atoms with van der Waals surface area (Å²) < 4.78 is 0.